The number of hydrogen-bond donors (Lipinski definition) is 1. The van der Waals surface area contributed by atoms with E-state index in [2.05, 4.69) is 66.5 Å². The molecule has 0 atom stereocenters. The number of anilines is 3. The summed E-state index contributed by atoms with van der Waals surface area (Å²) in [6.07, 6.45) is 0.978. The van der Waals surface area contributed by atoms with E-state index in [9.17, 15) is 4.79 Å². The van der Waals surface area contributed by atoms with Gasteiger partial charge in [-0.2, -0.15) is 0 Å². The lowest BCUT2D eigenvalue weighted by Gasteiger charge is -2.29. The number of benzene rings is 3. The van der Waals surface area contributed by atoms with E-state index in [-0.39, 0.29) is 5.91 Å². The molecule has 4 nitrogen and oxygen atoms in total. The lowest BCUT2D eigenvalue weighted by molar-refractivity contribution is 0.0994. The Bertz CT molecular complexity index is 1050. The molecule has 0 aromatic heterocycles. The minimum Gasteiger partial charge on any atom is -0.339 e. The number of carbonyl (C=O) groups excluding carboxylic acids is 1. The molecule has 0 fully saturated rings. The van der Waals surface area contributed by atoms with Gasteiger partial charge in [-0.25, -0.2) is 0 Å². The van der Waals surface area contributed by atoms with Crippen LogP contribution in [0, 0.1) is 13.8 Å². The lowest BCUT2D eigenvalue weighted by atomic mass is 10.0. The summed E-state index contributed by atoms with van der Waals surface area (Å²) in [5.41, 5.74) is 7.61. The zero-order valence-electron chi connectivity index (χ0n) is 18.0. The zero-order valence-corrected chi connectivity index (χ0v) is 18.0. The highest BCUT2D eigenvalue weighted by Gasteiger charge is 2.29. The third-order valence-corrected chi connectivity index (χ3v) is 5.95. The van der Waals surface area contributed by atoms with Crippen LogP contribution in [0.5, 0.6) is 0 Å². The van der Waals surface area contributed by atoms with Crippen molar-refractivity contribution in [1.29, 1.82) is 0 Å². The first-order valence-electron chi connectivity index (χ1n) is 10.6. The van der Waals surface area contributed by atoms with Gasteiger partial charge in [0, 0.05) is 20.1 Å². The first-order valence-corrected chi connectivity index (χ1v) is 10.6. The quantitative estimate of drug-likeness (QED) is 0.578. The summed E-state index contributed by atoms with van der Waals surface area (Å²) in [4.78, 5) is 17.3. The Kier molecular flexibility index (Phi) is 5.86. The smallest absolute Gasteiger partial charge is 0.260 e. The highest BCUT2D eigenvalue weighted by molar-refractivity contribution is 6.14. The number of nitrogens with zero attached hydrogens (tertiary/aromatic N) is 2. The first-order chi connectivity index (χ1) is 14.6. The molecule has 0 unspecified atom stereocenters. The molecule has 0 saturated carbocycles. The van der Waals surface area contributed by atoms with Crippen molar-refractivity contribution >= 4 is 23.0 Å². The monoisotopic (exact) mass is 399 g/mol. The summed E-state index contributed by atoms with van der Waals surface area (Å²) >= 11 is 0. The average molecular weight is 400 g/mol. The Morgan fingerprint density at radius 2 is 1.60 bits per heavy atom. The molecule has 154 valence electrons. The minimum atomic E-state index is 0.0415. The number of amides is 1. The Balaban J connectivity index is 1.60. The second-order valence-electron chi connectivity index (χ2n) is 7.92. The number of para-hydroxylation sites is 1. The van der Waals surface area contributed by atoms with E-state index in [0.717, 1.165) is 48.7 Å². The Morgan fingerprint density at radius 1 is 0.867 bits per heavy atom. The van der Waals surface area contributed by atoms with Crippen molar-refractivity contribution in [2.24, 2.45) is 0 Å². The number of carbonyl (C=O) groups is 1. The first kappa shape index (κ1) is 20.2. The lowest BCUT2D eigenvalue weighted by Crippen LogP contribution is -2.25. The fourth-order valence-electron chi connectivity index (χ4n) is 4.12. The zero-order chi connectivity index (χ0) is 21.1. The van der Waals surface area contributed by atoms with Crippen LogP contribution in [0.4, 0.5) is 17.1 Å². The van der Waals surface area contributed by atoms with Crippen LogP contribution in [-0.4, -0.2) is 26.0 Å². The van der Waals surface area contributed by atoms with Gasteiger partial charge in [-0.3, -0.25) is 4.79 Å². The molecule has 3 aromatic carbocycles. The van der Waals surface area contributed by atoms with Crippen LogP contribution in [0.2, 0.25) is 0 Å². The molecule has 0 aliphatic carbocycles. The van der Waals surface area contributed by atoms with Crippen LogP contribution in [0.25, 0.3) is 0 Å². The highest BCUT2D eigenvalue weighted by Crippen LogP contribution is 2.43. The van der Waals surface area contributed by atoms with Gasteiger partial charge in [0.2, 0.25) is 0 Å². The van der Waals surface area contributed by atoms with Crippen molar-refractivity contribution in [3.8, 4) is 0 Å². The Morgan fingerprint density at radius 3 is 2.40 bits per heavy atom. The number of fused-ring (bicyclic) bond motifs is 2. The molecule has 1 aliphatic heterocycles. The Labute approximate surface area is 179 Å². The van der Waals surface area contributed by atoms with E-state index < -0.39 is 0 Å². The Hall–Kier alpha value is -3.11. The van der Waals surface area contributed by atoms with Gasteiger partial charge in [-0.15, -0.1) is 0 Å². The topological polar surface area (TPSA) is 35.6 Å². The average Bonchev–Trinajstić information content (AvgIpc) is 2.86. The molecule has 1 N–H and O–H groups in total. The molecule has 30 heavy (non-hydrogen) atoms. The SMILES string of the molecule is Cc1ccc2c(c1C)N(CCCNCc1ccccc1)c1ccccc1C(=O)N2C. The van der Waals surface area contributed by atoms with Gasteiger partial charge >= 0.3 is 0 Å². The number of rotatable bonds is 6. The van der Waals surface area contributed by atoms with Crippen molar-refractivity contribution < 1.29 is 4.79 Å². The molecule has 0 bridgehead atoms. The molecule has 0 radical (unpaired) electrons. The molecule has 0 saturated heterocycles. The molecule has 1 aliphatic rings. The molecule has 3 aromatic rings. The summed E-state index contributed by atoms with van der Waals surface area (Å²) in [7, 11) is 1.87. The van der Waals surface area contributed by atoms with E-state index in [1.165, 1.54) is 16.7 Å². The van der Waals surface area contributed by atoms with Crippen LogP contribution in [-0.2, 0) is 6.54 Å². The van der Waals surface area contributed by atoms with E-state index in [1.807, 2.05) is 31.3 Å². The van der Waals surface area contributed by atoms with Gasteiger partial charge in [0.1, 0.15) is 0 Å². The number of hydrogen-bond acceptors (Lipinski definition) is 3. The van der Waals surface area contributed by atoms with Crippen LogP contribution >= 0.6 is 0 Å². The van der Waals surface area contributed by atoms with Gasteiger partial charge in [-0.1, -0.05) is 48.5 Å². The maximum absolute atomic E-state index is 13.2. The maximum Gasteiger partial charge on any atom is 0.260 e. The normalized spacial score (nSPS) is 13.1. The third-order valence-electron chi connectivity index (χ3n) is 5.95. The van der Waals surface area contributed by atoms with E-state index in [1.54, 1.807) is 4.90 Å². The number of nitrogens with one attached hydrogen (secondary N) is 1. The van der Waals surface area contributed by atoms with Crippen molar-refractivity contribution in [2.45, 2.75) is 26.8 Å². The minimum absolute atomic E-state index is 0.0415. The van der Waals surface area contributed by atoms with Crippen LogP contribution in [0.3, 0.4) is 0 Å². The van der Waals surface area contributed by atoms with Crippen LogP contribution in [0.1, 0.15) is 33.5 Å². The summed E-state index contributed by atoms with van der Waals surface area (Å²) in [6, 6.07) is 22.6. The second kappa shape index (κ2) is 8.72. The predicted molar refractivity (Wildman–Crippen MR) is 125 cm³/mol. The van der Waals surface area contributed by atoms with Gasteiger partial charge in [0.15, 0.2) is 0 Å². The van der Waals surface area contributed by atoms with Gasteiger partial charge < -0.3 is 15.1 Å². The van der Waals surface area contributed by atoms with E-state index >= 15 is 0 Å². The van der Waals surface area contributed by atoms with Crippen molar-refractivity contribution in [1.82, 2.24) is 5.32 Å². The van der Waals surface area contributed by atoms with Gasteiger partial charge in [0.25, 0.3) is 5.91 Å². The van der Waals surface area contributed by atoms with Crippen LogP contribution in [0.15, 0.2) is 66.7 Å². The standard InChI is InChI=1S/C26H29N3O/c1-19-14-15-24-25(20(19)2)29(17-9-16-27-18-21-10-5-4-6-11-21)23-13-8-7-12-22(23)26(30)28(24)3/h4-8,10-15,27H,9,16-18H2,1-3H3. The van der Waals surface area contributed by atoms with Gasteiger partial charge in [-0.05, 0) is 61.7 Å². The van der Waals surface area contributed by atoms with Crippen molar-refractivity contribution in [2.75, 3.05) is 29.9 Å². The largest absolute Gasteiger partial charge is 0.339 e. The van der Waals surface area contributed by atoms with Crippen molar-refractivity contribution in [3.05, 3.63) is 89.0 Å². The molecule has 0 spiro atoms. The second-order valence-corrected chi connectivity index (χ2v) is 7.92. The predicted octanol–water partition coefficient (Wildman–Crippen LogP) is 5.21. The van der Waals surface area contributed by atoms with Gasteiger partial charge in [0.05, 0.1) is 22.6 Å². The molecule has 1 heterocycles. The number of aryl methyl sites for hydroxylation is 1. The van der Waals surface area contributed by atoms with E-state index in [4.69, 9.17) is 0 Å². The molecule has 4 heteroatoms. The summed E-state index contributed by atoms with van der Waals surface area (Å²) in [6.45, 7) is 6.91. The fourth-order valence-corrected chi connectivity index (χ4v) is 4.12. The summed E-state index contributed by atoms with van der Waals surface area (Å²) in [5, 5.41) is 3.54. The molecule has 1 amide bonds. The molecular weight excluding hydrogens is 370 g/mol. The molecular formula is C26H29N3O. The summed E-state index contributed by atoms with van der Waals surface area (Å²) < 4.78 is 0. The maximum atomic E-state index is 13.2. The van der Waals surface area contributed by atoms with Crippen molar-refractivity contribution in [3.63, 3.8) is 0 Å². The summed E-state index contributed by atoms with van der Waals surface area (Å²) in [5.74, 6) is 0.0415. The molecule has 4 rings (SSSR count). The van der Waals surface area contributed by atoms with E-state index in [0.29, 0.717) is 0 Å². The third kappa shape index (κ3) is 3.83. The highest BCUT2D eigenvalue weighted by atomic mass is 16.2. The van der Waals surface area contributed by atoms with Crippen LogP contribution < -0.4 is 15.1 Å². The fraction of sp³-hybridized carbons (Fsp3) is 0.269.